The van der Waals surface area contributed by atoms with Crippen molar-refractivity contribution in [1.29, 1.82) is 0 Å². The van der Waals surface area contributed by atoms with E-state index in [9.17, 15) is 10.2 Å². The van der Waals surface area contributed by atoms with Crippen molar-refractivity contribution in [1.82, 2.24) is 0 Å². The predicted octanol–water partition coefficient (Wildman–Crippen LogP) is 7.89. The molecule has 0 amide bonds. The number of benzene rings is 2. The molecular weight excluding hydrogens is 603 g/mol. The Bertz CT molecular complexity index is 1260. The van der Waals surface area contributed by atoms with Crippen molar-refractivity contribution in [2.45, 2.75) is 149 Å². The summed E-state index contributed by atoms with van der Waals surface area (Å²) in [5, 5.41) is 31.3. The van der Waals surface area contributed by atoms with Crippen molar-refractivity contribution in [3.8, 4) is 11.5 Å². The molecule has 2 atom stereocenters. The molecule has 0 bridgehead atoms. The van der Waals surface area contributed by atoms with E-state index in [0.29, 0.717) is 11.5 Å². The van der Waals surface area contributed by atoms with E-state index >= 15 is 0 Å². The molecular formula is C38H57MnN2O4-. The van der Waals surface area contributed by atoms with Crippen molar-refractivity contribution in [2.75, 3.05) is 0 Å². The quantitative estimate of drug-likeness (QED) is 0.257. The van der Waals surface area contributed by atoms with Gasteiger partial charge in [-0.3, -0.25) is 9.98 Å². The zero-order chi connectivity index (χ0) is 33.8. The maximum atomic E-state index is 11.2. The average molecular weight is 661 g/mol. The van der Waals surface area contributed by atoms with Gasteiger partial charge in [-0.05, 0) is 64.7 Å². The van der Waals surface area contributed by atoms with Crippen LogP contribution in [0.25, 0.3) is 0 Å². The van der Waals surface area contributed by atoms with Crippen molar-refractivity contribution < 1.29 is 37.2 Å². The number of hydrogen-bond acceptors (Lipinski definition) is 6. The third kappa shape index (κ3) is 11.6. The number of aliphatic imine (C=N–C) groups is 2. The van der Waals surface area contributed by atoms with Crippen molar-refractivity contribution in [2.24, 2.45) is 9.98 Å². The van der Waals surface area contributed by atoms with Gasteiger partial charge < -0.3 is 20.1 Å². The second-order valence-electron chi connectivity index (χ2n) is 16.4. The van der Waals surface area contributed by atoms with Crippen molar-refractivity contribution in [3.63, 3.8) is 0 Å². The Kier molecular flexibility index (Phi) is 13.7. The molecule has 0 spiro atoms. The fraction of sp³-hybridized carbons (Fsp3) is 0.605. The minimum absolute atomic E-state index is 0. The summed E-state index contributed by atoms with van der Waals surface area (Å²) >= 11 is 0. The summed E-state index contributed by atoms with van der Waals surface area (Å²) in [4.78, 5) is 18.9. The van der Waals surface area contributed by atoms with Gasteiger partial charge in [-0.2, -0.15) is 0 Å². The Hall–Kier alpha value is -2.63. The van der Waals surface area contributed by atoms with E-state index in [0.717, 1.165) is 54.9 Å². The van der Waals surface area contributed by atoms with E-state index in [1.54, 1.807) is 0 Å². The summed E-state index contributed by atoms with van der Waals surface area (Å²) in [7, 11) is 0. The monoisotopic (exact) mass is 660 g/mol. The summed E-state index contributed by atoms with van der Waals surface area (Å²) in [5.74, 6) is -0.447. The van der Waals surface area contributed by atoms with Gasteiger partial charge in [0.2, 0.25) is 0 Å². The smallest absolute Gasteiger partial charge is 0.128 e. The largest absolute Gasteiger partial charge is 0.550 e. The predicted molar refractivity (Wildman–Crippen MR) is 183 cm³/mol. The maximum Gasteiger partial charge on any atom is 0.128 e. The number of phenols is 2. The molecule has 45 heavy (non-hydrogen) atoms. The number of aliphatic carboxylic acids is 1. The minimum atomic E-state index is -1.08. The van der Waals surface area contributed by atoms with Crippen LogP contribution in [0.1, 0.15) is 149 Å². The molecule has 251 valence electrons. The summed E-state index contributed by atoms with van der Waals surface area (Å²) < 4.78 is 0. The molecule has 0 aliphatic heterocycles. The van der Waals surface area contributed by atoms with E-state index in [1.807, 2.05) is 12.4 Å². The van der Waals surface area contributed by atoms with Gasteiger partial charge in [0.05, 0.1) is 12.1 Å². The first kappa shape index (κ1) is 40.4. The van der Waals surface area contributed by atoms with Gasteiger partial charge in [0.15, 0.2) is 0 Å². The third-order valence-corrected chi connectivity index (χ3v) is 8.13. The first-order valence-corrected chi connectivity index (χ1v) is 15.9. The Morgan fingerprint density at radius 1 is 0.667 bits per heavy atom. The first-order chi connectivity index (χ1) is 19.9. The summed E-state index contributed by atoms with van der Waals surface area (Å²) in [6.45, 7) is 27.0. The topological polar surface area (TPSA) is 105 Å². The van der Waals surface area contributed by atoms with Gasteiger partial charge in [0, 0.05) is 57.7 Å². The summed E-state index contributed by atoms with van der Waals surface area (Å²) in [5.41, 5.74) is 5.39. The second-order valence-corrected chi connectivity index (χ2v) is 16.4. The van der Waals surface area contributed by atoms with Gasteiger partial charge >= 0.3 is 0 Å². The zero-order valence-electron chi connectivity index (χ0n) is 29.9. The summed E-state index contributed by atoms with van der Waals surface area (Å²) in [6.07, 6.45) is 7.90. The van der Waals surface area contributed by atoms with Crippen molar-refractivity contribution >= 4 is 18.4 Å². The van der Waals surface area contributed by atoms with E-state index in [-0.39, 0.29) is 50.8 Å². The SMILES string of the molecule is CC(=O)[O-].CC(C)(C)c1cc(C=N[C@@H]2CCCC[C@H]2N=Cc2cc(C(C)(C)C)cc(C(C)(C)C)c2O)c(O)c(C(C)(C)C)c1.[Mn]. The standard InChI is InChI=1S/C36H54N2O2.C2H4O2.Mn/c1-33(2,3)25-17-23(31(39)27(19-25)35(7,8)9)21-37-29-15-13-14-16-30(29)38-22-24-18-26(34(4,5)6)20-28(32(24)40)36(10,11)12;1-2(3)4;/h17-22,29-30,39-40H,13-16H2,1-12H3;1H3,(H,3,4);/p-1/t29-,30-;;/m1../s1. The van der Waals surface area contributed by atoms with Crippen LogP contribution in [-0.4, -0.2) is 40.7 Å². The maximum absolute atomic E-state index is 11.2. The van der Waals surface area contributed by atoms with Crippen LogP contribution in [0.2, 0.25) is 0 Å². The number of nitrogens with zero attached hydrogens (tertiary/aromatic N) is 2. The number of carbonyl (C=O) groups is 1. The van der Waals surface area contributed by atoms with Crippen LogP contribution in [0.4, 0.5) is 0 Å². The van der Waals surface area contributed by atoms with Crippen LogP contribution in [-0.2, 0) is 43.5 Å². The molecule has 1 radical (unpaired) electrons. The minimum Gasteiger partial charge on any atom is -0.550 e. The molecule has 1 aliphatic rings. The molecule has 1 aliphatic carbocycles. The van der Waals surface area contributed by atoms with Gasteiger partial charge in [-0.25, -0.2) is 0 Å². The summed E-state index contributed by atoms with van der Waals surface area (Å²) in [6, 6.07) is 8.53. The molecule has 0 unspecified atom stereocenters. The zero-order valence-corrected chi connectivity index (χ0v) is 31.1. The molecule has 0 heterocycles. The van der Waals surface area contributed by atoms with Gasteiger partial charge in [0.1, 0.15) is 11.5 Å². The average Bonchev–Trinajstić information content (AvgIpc) is 2.84. The Labute approximate surface area is 283 Å². The normalized spacial score (nSPS) is 18.0. The van der Waals surface area contributed by atoms with Crippen LogP contribution >= 0.6 is 0 Å². The Morgan fingerprint density at radius 3 is 1.20 bits per heavy atom. The Morgan fingerprint density at radius 2 is 0.956 bits per heavy atom. The number of carboxylic acids is 1. The molecule has 3 rings (SSSR count). The van der Waals surface area contributed by atoms with Crippen LogP contribution in [0.15, 0.2) is 34.3 Å². The number of carboxylic acid groups (broad SMARTS) is 1. The number of rotatable bonds is 4. The van der Waals surface area contributed by atoms with Crippen LogP contribution in [0, 0.1) is 0 Å². The number of carbonyl (C=O) groups excluding carboxylic acids is 1. The fourth-order valence-corrected chi connectivity index (χ4v) is 5.31. The molecule has 2 aromatic rings. The molecule has 6 nitrogen and oxygen atoms in total. The van der Waals surface area contributed by atoms with E-state index in [2.05, 4.69) is 107 Å². The molecule has 0 saturated heterocycles. The van der Waals surface area contributed by atoms with E-state index < -0.39 is 5.97 Å². The number of phenolic OH excluding ortho intramolecular Hbond substituents is 2. The van der Waals surface area contributed by atoms with Crippen LogP contribution < -0.4 is 5.11 Å². The molecule has 2 N–H and O–H groups in total. The number of aromatic hydroxyl groups is 2. The molecule has 2 aromatic carbocycles. The molecule has 0 aromatic heterocycles. The Balaban J connectivity index is 0.00000191. The van der Waals surface area contributed by atoms with Crippen LogP contribution in [0.5, 0.6) is 11.5 Å². The first-order valence-electron chi connectivity index (χ1n) is 15.9. The van der Waals surface area contributed by atoms with E-state index in [4.69, 9.17) is 19.9 Å². The fourth-order valence-electron chi connectivity index (χ4n) is 5.31. The van der Waals surface area contributed by atoms with Gasteiger partial charge in [0.25, 0.3) is 0 Å². The van der Waals surface area contributed by atoms with Gasteiger partial charge in [-0.1, -0.05) is 108 Å². The van der Waals surface area contributed by atoms with Gasteiger partial charge in [-0.15, -0.1) is 0 Å². The van der Waals surface area contributed by atoms with Crippen LogP contribution in [0.3, 0.4) is 0 Å². The second kappa shape index (κ2) is 15.3. The molecule has 7 heteroatoms. The van der Waals surface area contributed by atoms with E-state index in [1.165, 1.54) is 11.1 Å². The molecule has 1 saturated carbocycles. The van der Waals surface area contributed by atoms with Crippen molar-refractivity contribution in [3.05, 3.63) is 57.6 Å². The molecule has 1 fully saturated rings. The number of hydrogen-bond donors (Lipinski definition) is 2. The third-order valence-electron chi connectivity index (χ3n) is 8.13.